The first-order valence-corrected chi connectivity index (χ1v) is 7.45. The molecular formula is C17H24F3N. The molecule has 1 N–H and O–H groups in total. The maximum absolute atomic E-state index is 13.6. The molecule has 0 aromatic heterocycles. The summed E-state index contributed by atoms with van der Waals surface area (Å²) >= 11 is 0. The van der Waals surface area contributed by atoms with Crippen molar-refractivity contribution in [2.45, 2.75) is 59.5 Å². The first kappa shape index (κ1) is 16.3. The molecule has 1 nitrogen and oxygen atoms in total. The van der Waals surface area contributed by atoms with Gasteiger partial charge in [0.2, 0.25) is 0 Å². The molecule has 2 rings (SSSR count). The van der Waals surface area contributed by atoms with Crippen LogP contribution in [0, 0.1) is 28.3 Å². The fourth-order valence-electron chi connectivity index (χ4n) is 3.94. The molecule has 118 valence electrons. The van der Waals surface area contributed by atoms with Crippen LogP contribution in [-0.2, 0) is 6.54 Å². The summed E-state index contributed by atoms with van der Waals surface area (Å²) in [4.78, 5) is 0. The van der Waals surface area contributed by atoms with Crippen molar-refractivity contribution in [1.82, 2.24) is 5.32 Å². The van der Waals surface area contributed by atoms with E-state index in [1.54, 1.807) is 0 Å². The molecule has 1 fully saturated rings. The Hall–Kier alpha value is -1.03. The van der Waals surface area contributed by atoms with Crippen molar-refractivity contribution in [1.29, 1.82) is 0 Å². The van der Waals surface area contributed by atoms with E-state index in [4.69, 9.17) is 0 Å². The summed E-state index contributed by atoms with van der Waals surface area (Å²) in [5, 5.41) is 3.31. The largest absolute Gasteiger partial charge is 0.310 e. The van der Waals surface area contributed by atoms with Crippen LogP contribution < -0.4 is 5.32 Å². The number of halogens is 3. The molecule has 1 aliphatic carbocycles. The third kappa shape index (κ3) is 4.22. The molecule has 1 aromatic rings. The van der Waals surface area contributed by atoms with Gasteiger partial charge in [0.05, 0.1) is 0 Å². The van der Waals surface area contributed by atoms with Crippen LogP contribution in [0.25, 0.3) is 0 Å². The maximum Gasteiger partial charge on any atom is 0.161 e. The van der Waals surface area contributed by atoms with Crippen LogP contribution in [0.4, 0.5) is 13.2 Å². The Kier molecular flexibility index (Phi) is 4.39. The molecule has 0 atom stereocenters. The van der Waals surface area contributed by atoms with Gasteiger partial charge in [-0.05, 0) is 36.2 Å². The Bertz CT molecular complexity index is 507. The minimum Gasteiger partial charge on any atom is -0.310 e. The van der Waals surface area contributed by atoms with E-state index < -0.39 is 17.5 Å². The first-order valence-electron chi connectivity index (χ1n) is 7.45. The van der Waals surface area contributed by atoms with E-state index in [-0.39, 0.29) is 29.0 Å². The Morgan fingerprint density at radius 1 is 0.952 bits per heavy atom. The number of benzene rings is 1. The third-order valence-corrected chi connectivity index (χ3v) is 4.23. The van der Waals surface area contributed by atoms with Crippen molar-refractivity contribution in [2.75, 3.05) is 0 Å². The van der Waals surface area contributed by atoms with Gasteiger partial charge < -0.3 is 5.32 Å². The Labute approximate surface area is 124 Å². The highest BCUT2D eigenvalue weighted by Gasteiger charge is 2.38. The molecule has 0 spiro atoms. The van der Waals surface area contributed by atoms with Gasteiger partial charge in [0.15, 0.2) is 11.6 Å². The lowest BCUT2D eigenvalue weighted by Gasteiger charge is -2.45. The van der Waals surface area contributed by atoms with Crippen molar-refractivity contribution in [3.8, 4) is 0 Å². The van der Waals surface area contributed by atoms with Crippen LogP contribution in [0.2, 0.25) is 0 Å². The smallest absolute Gasteiger partial charge is 0.161 e. The monoisotopic (exact) mass is 299 g/mol. The molecule has 1 aromatic carbocycles. The molecule has 21 heavy (non-hydrogen) atoms. The van der Waals surface area contributed by atoms with Crippen molar-refractivity contribution >= 4 is 0 Å². The Balaban J connectivity index is 2.04. The molecule has 4 heteroatoms. The van der Waals surface area contributed by atoms with Crippen LogP contribution in [-0.4, -0.2) is 6.04 Å². The molecule has 1 aliphatic rings. The second-order valence-electron chi connectivity index (χ2n) is 7.85. The highest BCUT2D eigenvalue weighted by Crippen LogP contribution is 2.45. The third-order valence-electron chi connectivity index (χ3n) is 4.23. The minimum absolute atomic E-state index is 0.176. The van der Waals surface area contributed by atoms with Gasteiger partial charge in [0.25, 0.3) is 0 Å². The molecule has 0 bridgehead atoms. The molecule has 0 heterocycles. The van der Waals surface area contributed by atoms with Crippen LogP contribution in [0.3, 0.4) is 0 Å². The molecule has 0 aliphatic heterocycles. The van der Waals surface area contributed by atoms with Gasteiger partial charge >= 0.3 is 0 Å². The maximum atomic E-state index is 13.6. The summed E-state index contributed by atoms with van der Waals surface area (Å²) in [5.41, 5.74) is 0.632. The van der Waals surface area contributed by atoms with E-state index >= 15 is 0 Å². The fourth-order valence-corrected chi connectivity index (χ4v) is 3.94. The van der Waals surface area contributed by atoms with Gasteiger partial charge in [-0.25, -0.2) is 13.2 Å². The predicted molar refractivity (Wildman–Crippen MR) is 78.4 cm³/mol. The second-order valence-corrected chi connectivity index (χ2v) is 7.85. The van der Waals surface area contributed by atoms with Gasteiger partial charge in [0.1, 0.15) is 5.82 Å². The lowest BCUT2D eigenvalue weighted by atomic mass is 9.63. The summed E-state index contributed by atoms with van der Waals surface area (Å²) in [6.45, 7) is 9.17. The fraction of sp³-hybridized carbons (Fsp3) is 0.647. The highest BCUT2D eigenvalue weighted by atomic mass is 19.2. The Morgan fingerprint density at radius 2 is 1.48 bits per heavy atom. The quantitative estimate of drug-likeness (QED) is 0.791. The van der Waals surface area contributed by atoms with Crippen molar-refractivity contribution in [3.63, 3.8) is 0 Å². The molecule has 1 saturated carbocycles. The number of hydrogen-bond donors (Lipinski definition) is 1. The van der Waals surface area contributed by atoms with Crippen LogP contribution in [0.15, 0.2) is 12.1 Å². The van der Waals surface area contributed by atoms with Crippen LogP contribution in [0.5, 0.6) is 0 Å². The standard InChI is InChI=1S/C17H24F3N/c1-16(2)7-12(8-17(3,4)10-16)21-9-11-5-14(19)15(20)6-13(11)18/h5-6,12,21H,7-10H2,1-4H3. The lowest BCUT2D eigenvalue weighted by molar-refractivity contribution is 0.0843. The van der Waals surface area contributed by atoms with Gasteiger partial charge in [0, 0.05) is 24.2 Å². The highest BCUT2D eigenvalue weighted by molar-refractivity contribution is 5.20. The zero-order valence-corrected chi connectivity index (χ0v) is 13.2. The van der Waals surface area contributed by atoms with Crippen molar-refractivity contribution in [2.24, 2.45) is 10.8 Å². The topological polar surface area (TPSA) is 12.0 Å². The number of nitrogens with one attached hydrogen (secondary N) is 1. The summed E-state index contributed by atoms with van der Waals surface area (Å²) in [7, 11) is 0. The van der Waals surface area contributed by atoms with Crippen LogP contribution >= 0.6 is 0 Å². The van der Waals surface area contributed by atoms with Gasteiger partial charge in [-0.3, -0.25) is 0 Å². The SMILES string of the molecule is CC1(C)CC(NCc2cc(F)c(F)cc2F)CC(C)(C)C1. The average Bonchev–Trinajstić information content (AvgIpc) is 2.28. The van der Waals surface area contributed by atoms with Gasteiger partial charge in [-0.1, -0.05) is 27.7 Å². The molecule has 0 saturated heterocycles. The molecule has 0 amide bonds. The van der Waals surface area contributed by atoms with E-state index in [1.807, 2.05) is 0 Å². The minimum atomic E-state index is -1.14. The van der Waals surface area contributed by atoms with E-state index in [1.165, 1.54) is 0 Å². The molecule has 0 unspecified atom stereocenters. The van der Waals surface area contributed by atoms with E-state index in [0.717, 1.165) is 25.3 Å². The second kappa shape index (κ2) is 5.64. The normalized spacial score (nSPS) is 21.5. The van der Waals surface area contributed by atoms with Crippen molar-refractivity contribution < 1.29 is 13.2 Å². The van der Waals surface area contributed by atoms with E-state index in [9.17, 15) is 13.2 Å². The lowest BCUT2D eigenvalue weighted by Crippen LogP contribution is -2.43. The van der Waals surface area contributed by atoms with Crippen LogP contribution in [0.1, 0.15) is 52.5 Å². The summed E-state index contributed by atoms with van der Waals surface area (Å²) in [5.74, 6) is -2.84. The van der Waals surface area contributed by atoms with E-state index in [2.05, 4.69) is 33.0 Å². The van der Waals surface area contributed by atoms with E-state index in [0.29, 0.717) is 6.07 Å². The summed E-state index contributed by atoms with van der Waals surface area (Å²) < 4.78 is 39.8. The first-order chi connectivity index (χ1) is 9.58. The van der Waals surface area contributed by atoms with Crippen molar-refractivity contribution in [3.05, 3.63) is 35.1 Å². The van der Waals surface area contributed by atoms with Gasteiger partial charge in [-0.15, -0.1) is 0 Å². The summed E-state index contributed by atoms with van der Waals surface area (Å²) in [6, 6.07) is 1.81. The Morgan fingerprint density at radius 3 is 2.05 bits per heavy atom. The molecule has 0 radical (unpaired) electrons. The average molecular weight is 299 g/mol. The number of rotatable bonds is 3. The zero-order valence-electron chi connectivity index (χ0n) is 13.2. The molecular weight excluding hydrogens is 275 g/mol. The summed E-state index contributed by atoms with van der Waals surface area (Å²) in [6.07, 6.45) is 3.15. The number of hydrogen-bond acceptors (Lipinski definition) is 1. The van der Waals surface area contributed by atoms with Gasteiger partial charge in [-0.2, -0.15) is 0 Å². The zero-order chi connectivity index (χ0) is 15.8. The predicted octanol–water partition coefficient (Wildman–Crippen LogP) is 4.80.